The number of ether oxygens (including phenoxy) is 2. The van der Waals surface area contributed by atoms with Gasteiger partial charge >= 0.3 is 12.1 Å². The molecule has 0 unspecified atom stereocenters. The smallest absolute Gasteiger partial charge is 0.410 e. The Balaban J connectivity index is 2.23. The molecule has 6 heteroatoms. The molecule has 0 aliphatic carbocycles. The van der Waals surface area contributed by atoms with Gasteiger partial charge in [-0.05, 0) is 33.3 Å². The molecule has 0 radical (unpaired) electrons. The number of carbonyl (C=O) groups excluding carboxylic acids is 2. The van der Waals surface area contributed by atoms with Crippen LogP contribution in [-0.2, 0) is 14.3 Å². The molecule has 0 saturated carbocycles. The highest BCUT2D eigenvalue weighted by Gasteiger charge is 2.41. The summed E-state index contributed by atoms with van der Waals surface area (Å²) in [7, 11) is 0. The van der Waals surface area contributed by atoms with Gasteiger partial charge in [-0.25, -0.2) is 4.79 Å². The van der Waals surface area contributed by atoms with Crippen LogP contribution in [0, 0.1) is 0 Å². The van der Waals surface area contributed by atoms with Crippen molar-refractivity contribution in [1.82, 2.24) is 4.90 Å². The Kier molecular flexibility index (Phi) is 7.10. The van der Waals surface area contributed by atoms with Crippen LogP contribution in [0.4, 0.5) is 4.79 Å². The fraction of sp³-hybridized carbons (Fsp3) is 0.579. The molecule has 1 aromatic rings. The average Bonchev–Trinajstić information content (AvgIpc) is 2.53. The highest BCUT2D eigenvalue weighted by atomic mass is 127. The number of hydrogen-bond donors (Lipinski definition) is 0. The Morgan fingerprint density at radius 2 is 1.92 bits per heavy atom. The fourth-order valence-electron chi connectivity index (χ4n) is 3.10. The van der Waals surface area contributed by atoms with Crippen molar-refractivity contribution in [2.75, 3.05) is 0 Å². The maximum absolute atomic E-state index is 12.7. The Labute approximate surface area is 163 Å². The van der Waals surface area contributed by atoms with Gasteiger partial charge in [-0.15, -0.1) is 0 Å². The highest BCUT2D eigenvalue weighted by Crippen LogP contribution is 2.33. The van der Waals surface area contributed by atoms with Gasteiger partial charge in [0.05, 0.1) is 18.6 Å². The lowest BCUT2D eigenvalue weighted by Crippen LogP contribution is -2.52. The number of cyclic esters (lactones) is 1. The van der Waals surface area contributed by atoms with Gasteiger partial charge < -0.3 is 9.47 Å². The predicted octanol–water partition coefficient (Wildman–Crippen LogP) is 4.49. The van der Waals surface area contributed by atoms with E-state index in [4.69, 9.17) is 9.47 Å². The third kappa shape index (κ3) is 5.33. The lowest BCUT2D eigenvalue weighted by molar-refractivity contribution is -0.149. The fourth-order valence-corrected chi connectivity index (χ4v) is 3.54. The van der Waals surface area contributed by atoms with E-state index in [9.17, 15) is 9.59 Å². The van der Waals surface area contributed by atoms with Crippen molar-refractivity contribution in [3.05, 3.63) is 35.9 Å². The van der Waals surface area contributed by atoms with Crippen molar-refractivity contribution in [1.29, 1.82) is 0 Å². The first-order valence-corrected chi connectivity index (χ1v) is 9.91. The number of esters is 1. The minimum Gasteiger partial charge on any atom is -0.463 e. The lowest BCUT2D eigenvalue weighted by atomic mass is 9.97. The zero-order valence-electron chi connectivity index (χ0n) is 15.1. The van der Waals surface area contributed by atoms with E-state index < -0.39 is 0 Å². The van der Waals surface area contributed by atoms with E-state index in [1.165, 1.54) is 0 Å². The van der Waals surface area contributed by atoms with Crippen molar-refractivity contribution in [2.24, 2.45) is 0 Å². The Hall–Kier alpha value is -1.31. The summed E-state index contributed by atoms with van der Waals surface area (Å²) < 4.78 is 11.1. The molecule has 4 atom stereocenters. The van der Waals surface area contributed by atoms with E-state index in [2.05, 4.69) is 22.6 Å². The summed E-state index contributed by atoms with van der Waals surface area (Å²) in [6.07, 6.45) is 0.0924. The summed E-state index contributed by atoms with van der Waals surface area (Å²) in [5.41, 5.74) is 1.02. The number of nitrogens with zero attached hydrogens (tertiary/aromatic N) is 1. The Bertz CT molecular complexity index is 590. The zero-order valence-corrected chi connectivity index (χ0v) is 17.3. The van der Waals surface area contributed by atoms with Gasteiger partial charge in [-0.1, -0.05) is 52.9 Å². The number of carbonyl (C=O) groups is 2. The number of benzene rings is 1. The molecule has 1 saturated heterocycles. The molecule has 2 rings (SSSR count). The zero-order chi connectivity index (χ0) is 18.6. The molecule has 1 fully saturated rings. The van der Waals surface area contributed by atoms with Gasteiger partial charge in [0.15, 0.2) is 0 Å². The van der Waals surface area contributed by atoms with Crippen LogP contribution in [0.2, 0.25) is 0 Å². The second kappa shape index (κ2) is 8.87. The molecule has 5 nitrogen and oxygen atoms in total. The van der Waals surface area contributed by atoms with Gasteiger partial charge in [-0.2, -0.15) is 0 Å². The van der Waals surface area contributed by atoms with Gasteiger partial charge in [-0.3, -0.25) is 9.69 Å². The SMILES string of the molecule is CC(C)OC(=O)C[C@H]1C[C@H]([C@H](C)I)OC(=O)N1[C@H](C)c1ccccc1. The summed E-state index contributed by atoms with van der Waals surface area (Å²) in [6, 6.07) is 9.39. The van der Waals surface area contributed by atoms with Crippen molar-refractivity contribution in [3.63, 3.8) is 0 Å². The molecule has 1 aliphatic heterocycles. The first kappa shape index (κ1) is 20.0. The van der Waals surface area contributed by atoms with Crippen molar-refractivity contribution in [3.8, 4) is 0 Å². The molecule has 1 aliphatic rings. The second-order valence-electron chi connectivity index (χ2n) is 6.73. The largest absolute Gasteiger partial charge is 0.463 e. The number of rotatable bonds is 6. The normalized spacial score (nSPS) is 23.1. The molecule has 1 heterocycles. The molecule has 25 heavy (non-hydrogen) atoms. The molecule has 138 valence electrons. The van der Waals surface area contributed by atoms with Crippen molar-refractivity contribution in [2.45, 2.75) is 68.8 Å². The van der Waals surface area contributed by atoms with E-state index >= 15 is 0 Å². The quantitative estimate of drug-likeness (QED) is 0.358. The first-order chi connectivity index (χ1) is 11.8. The third-order valence-corrected chi connectivity index (χ3v) is 5.14. The Morgan fingerprint density at radius 1 is 1.28 bits per heavy atom. The molecule has 0 N–H and O–H groups in total. The van der Waals surface area contributed by atoms with E-state index in [0.717, 1.165) is 5.56 Å². The first-order valence-electron chi connectivity index (χ1n) is 8.67. The molecule has 1 amide bonds. The van der Waals surface area contributed by atoms with Crippen LogP contribution in [0.15, 0.2) is 30.3 Å². The average molecular weight is 459 g/mol. The molecule has 0 aromatic heterocycles. The monoisotopic (exact) mass is 459 g/mol. The summed E-state index contributed by atoms with van der Waals surface area (Å²) in [4.78, 5) is 26.6. The molecule has 1 aromatic carbocycles. The number of halogens is 1. The summed E-state index contributed by atoms with van der Waals surface area (Å²) >= 11 is 2.26. The maximum Gasteiger partial charge on any atom is 0.410 e. The summed E-state index contributed by atoms with van der Waals surface area (Å²) in [6.45, 7) is 7.63. The van der Waals surface area contributed by atoms with Crippen LogP contribution < -0.4 is 0 Å². The van der Waals surface area contributed by atoms with Crippen molar-refractivity contribution >= 4 is 34.7 Å². The van der Waals surface area contributed by atoms with Gasteiger partial charge in [0, 0.05) is 16.4 Å². The standard InChI is InChI=1S/C19H26INO4/c1-12(2)24-18(22)11-16-10-17(13(3)20)25-19(23)21(16)14(4)15-8-6-5-7-9-15/h5-9,12-14,16-17H,10-11H2,1-4H3/t13-,14+,16+,17+/m0/s1. The van der Waals surface area contributed by atoms with E-state index in [-0.39, 0.29) is 46.7 Å². The topological polar surface area (TPSA) is 55.8 Å². The van der Waals surface area contributed by atoms with Crippen molar-refractivity contribution < 1.29 is 19.1 Å². The number of alkyl halides is 1. The predicted molar refractivity (Wildman–Crippen MR) is 105 cm³/mol. The lowest BCUT2D eigenvalue weighted by Gasteiger charge is -2.42. The van der Waals surface area contributed by atoms with Crippen LogP contribution in [0.1, 0.15) is 52.1 Å². The highest BCUT2D eigenvalue weighted by molar-refractivity contribution is 14.1. The molecule has 0 spiro atoms. The van der Waals surface area contributed by atoms with Gasteiger partial charge in [0.1, 0.15) is 6.10 Å². The summed E-state index contributed by atoms with van der Waals surface area (Å²) in [5, 5.41) is 0. The van der Waals surface area contributed by atoms with Crippen LogP contribution in [-0.4, -0.2) is 39.1 Å². The van der Waals surface area contributed by atoms with Gasteiger partial charge in [0.2, 0.25) is 0 Å². The number of hydrogen-bond acceptors (Lipinski definition) is 4. The minimum absolute atomic E-state index is 0.165. The molecule has 0 bridgehead atoms. The molecular formula is C19H26INO4. The van der Waals surface area contributed by atoms with Gasteiger partial charge in [0.25, 0.3) is 0 Å². The molecular weight excluding hydrogens is 433 g/mol. The van der Waals surface area contributed by atoms with Crippen LogP contribution in [0.3, 0.4) is 0 Å². The maximum atomic E-state index is 12.7. The second-order valence-corrected chi connectivity index (χ2v) is 8.69. The minimum atomic E-state index is -0.363. The van der Waals surface area contributed by atoms with E-state index in [1.54, 1.807) is 4.90 Å². The van der Waals surface area contributed by atoms with E-state index in [0.29, 0.717) is 6.42 Å². The van der Waals surface area contributed by atoms with Crippen LogP contribution in [0.25, 0.3) is 0 Å². The Morgan fingerprint density at radius 3 is 2.48 bits per heavy atom. The summed E-state index contributed by atoms with van der Waals surface area (Å²) in [5.74, 6) is -0.278. The number of amides is 1. The van der Waals surface area contributed by atoms with Crippen LogP contribution in [0.5, 0.6) is 0 Å². The van der Waals surface area contributed by atoms with Crippen LogP contribution >= 0.6 is 22.6 Å². The third-order valence-electron chi connectivity index (χ3n) is 4.34. The van der Waals surface area contributed by atoms with E-state index in [1.807, 2.05) is 58.0 Å².